The summed E-state index contributed by atoms with van der Waals surface area (Å²) in [5.41, 5.74) is 1.34. The molecule has 1 N–H and O–H groups in total. The topological polar surface area (TPSA) is 50.8 Å². The van der Waals surface area contributed by atoms with Gasteiger partial charge in [0.25, 0.3) is 0 Å². The molecule has 1 aliphatic carbocycles. The van der Waals surface area contributed by atoms with E-state index in [9.17, 15) is 31.1 Å². The Morgan fingerprint density at radius 1 is 0.879 bits per heavy atom. The molecule has 2 aromatic rings. The summed E-state index contributed by atoms with van der Waals surface area (Å²) >= 11 is 0. The first-order chi connectivity index (χ1) is 15.5. The van der Waals surface area contributed by atoms with Crippen LogP contribution in [0.2, 0.25) is 0 Å². The van der Waals surface area contributed by atoms with Crippen LogP contribution in [-0.4, -0.2) is 36.6 Å². The van der Waals surface area contributed by atoms with Crippen molar-refractivity contribution in [2.75, 3.05) is 13.1 Å². The second-order valence-electron chi connectivity index (χ2n) is 8.15. The number of carbonyl (C=O) groups excluding carboxylic acids is 1. The minimum absolute atomic E-state index is 0.0971. The highest BCUT2D eigenvalue weighted by molar-refractivity contribution is 5.82. The van der Waals surface area contributed by atoms with Gasteiger partial charge in [0.1, 0.15) is 11.5 Å². The van der Waals surface area contributed by atoms with Crippen LogP contribution in [0.3, 0.4) is 0 Å². The number of fused-ring (bicyclic) bond motifs is 1. The fourth-order valence-electron chi connectivity index (χ4n) is 4.35. The van der Waals surface area contributed by atoms with E-state index in [0.29, 0.717) is 25.2 Å². The number of alkyl halides is 6. The van der Waals surface area contributed by atoms with Crippen molar-refractivity contribution < 1.29 is 40.6 Å². The van der Waals surface area contributed by atoms with Gasteiger partial charge >= 0.3 is 12.7 Å². The zero-order valence-electron chi connectivity index (χ0n) is 17.1. The van der Waals surface area contributed by atoms with E-state index >= 15 is 0 Å². The number of nitrogens with zero attached hydrogens (tertiary/aromatic N) is 1. The third-order valence-electron chi connectivity index (χ3n) is 5.73. The highest BCUT2D eigenvalue weighted by Gasteiger charge is 2.59. The summed E-state index contributed by atoms with van der Waals surface area (Å²) in [7, 11) is 0. The number of halogens is 6. The molecule has 11 heteroatoms. The van der Waals surface area contributed by atoms with Crippen LogP contribution in [0.1, 0.15) is 11.1 Å². The van der Waals surface area contributed by atoms with Crippen molar-refractivity contribution in [1.29, 1.82) is 0 Å². The summed E-state index contributed by atoms with van der Waals surface area (Å²) in [6.45, 7) is 2.04. The number of nitrogens with one attached hydrogen (secondary N) is 1. The van der Waals surface area contributed by atoms with Crippen LogP contribution in [0.5, 0.6) is 11.5 Å². The molecule has 1 saturated heterocycles. The maximum atomic E-state index is 12.5. The Morgan fingerprint density at radius 3 is 2.09 bits per heavy atom. The number of hydrogen-bond acceptors (Lipinski definition) is 4. The van der Waals surface area contributed by atoms with E-state index in [1.54, 1.807) is 18.2 Å². The van der Waals surface area contributed by atoms with Gasteiger partial charge in [0.05, 0.1) is 0 Å². The van der Waals surface area contributed by atoms with Gasteiger partial charge in [0.2, 0.25) is 5.91 Å². The SMILES string of the molecule is O=C(NCc1cccc(OC(F)(F)F)c1)C1C2CN(Cc3ccc(OC(F)(F)F)cc3)CC21. The molecular formula is C22H20F6N2O3. The van der Waals surface area contributed by atoms with Gasteiger partial charge in [0, 0.05) is 32.1 Å². The highest BCUT2D eigenvalue weighted by atomic mass is 19.4. The van der Waals surface area contributed by atoms with Crippen molar-refractivity contribution >= 4 is 5.91 Å². The van der Waals surface area contributed by atoms with Crippen molar-refractivity contribution in [2.24, 2.45) is 17.8 Å². The first kappa shape index (κ1) is 23.2. The summed E-state index contributed by atoms with van der Waals surface area (Å²) in [6, 6.07) is 11.1. The molecule has 4 rings (SSSR count). The van der Waals surface area contributed by atoms with Crippen LogP contribution in [0.25, 0.3) is 0 Å². The Morgan fingerprint density at radius 2 is 1.48 bits per heavy atom. The highest BCUT2D eigenvalue weighted by Crippen LogP contribution is 2.52. The van der Waals surface area contributed by atoms with E-state index in [1.165, 1.54) is 30.3 Å². The fourth-order valence-corrected chi connectivity index (χ4v) is 4.35. The zero-order chi connectivity index (χ0) is 23.8. The Balaban J connectivity index is 1.21. The Kier molecular flexibility index (Phi) is 6.17. The van der Waals surface area contributed by atoms with Crippen LogP contribution < -0.4 is 14.8 Å². The number of benzene rings is 2. The number of rotatable bonds is 7. The van der Waals surface area contributed by atoms with Crippen molar-refractivity contribution in [2.45, 2.75) is 25.8 Å². The van der Waals surface area contributed by atoms with E-state index in [2.05, 4.69) is 19.7 Å². The van der Waals surface area contributed by atoms with Gasteiger partial charge in [-0.2, -0.15) is 0 Å². The first-order valence-electron chi connectivity index (χ1n) is 10.2. The Bertz CT molecular complexity index is 981. The number of likely N-dealkylation sites (tertiary alicyclic amines) is 1. The van der Waals surface area contributed by atoms with Gasteiger partial charge in [-0.25, -0.2) is 0 Å². The van der Waals surface area contributed by atoms with E-state index in [4.69, 9.17) is 0 Å². The number of piperidine rings is 1. The normalized spacial score (nSPS) is 22.5. The second kappa shape index (κ2) is 8.77. The molecule has 2 atom stereocenters. The van der Waals surface area contributed by atoms with Gasteiger partial charge < -0.3 is 14.8 Å². The average molecular weight is 474 g/mol. The zero-order valence-corrected chi connectivity index (χ0v) is 17.1. The van der Waals surface area contributed by atoms with Crippen LogP contribution in [0.4, 0.5) is 26.3 Å². The third-order valence-corrected chi connectivity index (χ3v) is 5.73. The van der Waals surface area contributed by atoms with Gasteiger partial charge in [0.15, 0.2) is 0 Å². The summed E-state index contributed by atoms with van der Waals surface area (Å²) < 4.78 is 81.5. The number of carbonyl (C=O) groups is 1. The second-order valence-corrected chi connectivity index (χ2v) is 8.15. The minimum Gasteiger partial charge on any atom is -0.406 e. The predicted octanol–water partition coefficient (Wildman–Crippen LogP) is 4.48. The molecule has 5 nitrogen and oxygen atoms in total. The fraction of sp³-hybridized carbons (Fsp3) is 0.409. The lowest BCUT2D eigenvalue weighted by atomic mass is 10.1. The number of ether oxygens (including phenoxy) is 2. The number of amides is 1. The quantitative estimate of drug-likeness (QED) is 0.602. The average Bonchev–Trinajstić information content (AvgIpc) is 3.21. The lowest BCUT2D eigenvalue weighted by molar-refractivity contribution is -0.275. The maximum Gasteiger partial charge on any atom is 0.573 e. The first-order valence-corrected chi connectivity index (χ1v) is 10.2. The molecule has 2 aliphatic rings. The van der Waals surface area contributed by atoms with Crippen LogP contribution in [-0.2, 0) is 17.9 Å². The Labute approximate surface area is 185 Å². The molecular weight excluding hydrogens is 454 g/mol. The van der Waals surface area contributed by atoms with Gasteiger partial charge in [-0.15, -0.1) is 26.3 Å². The molecule has 0 aromatic heterocycles. The molecule has 0 radical (unpaired) electrons. The van der Waals surface area contributed by atoms with Gasteiger partial charge in [-0.3, -0.25) is 9.69 Å². The molecule has 1 heterocycles. The number of hydrogen-bond donors (Lipinski definition) is 1. The van der Waals surface area contributed by atoms with Gasteiger partial charge in [-0.1, -0.05) is 24.3 Å². The van der Waals surface area contributed by atoms with Crippen molar-refractivity contribution in [1.82, 2.24) is 10.2 Å². The molecule has 2 unspecified atom stereocenters. The molecule has 2 fully saturated rings. The summed E-state index contributed by atoms with van der Waals surface area (Å²) in [5.74, 6) is -0.511. The molecule has 0 bridgehead atoms. The summed E-state index contributed by atoms with van der Waals surface area (Å²) in [5, 5.41) is 2.77. The summed E-state index contributed by atoms with van der Waals surface area (Å²) in [6.07, 6.45) is -9.51. The minimum atomic E-state index is -4.78. The van der Waals surface area contributed by atoms with Crippen LogP contribution in [0, 0.1) is 17.8 Å². The van der Waals surface area contributed by atoms with Crippen molar-refractivity contribution in [3.05, 3.63) is 59.7 Å². The lowest BCUT2D eigenvalue weighted by Gasteiger charge is -2.19. The molecule has 178 valence electrons. The lowest BCUT2D eigenvalue weighted by Crippen LogP contribution is -2.31. The molecule has 33 heavy (non-hydrogen) atoms. The largest absolute Gasteiger partial charge is 0.573 e. The maximum absolute atomic E-state index is 12.5. The van der Waals surface area contributed by atoms with E-state index in [-0.39, 0.29) is 41.7 Å². The Hall–Kier alpha value is -2.95. The third kappa shape index (κ3) is 6.31. The van der Waals surface area contributed by atoms with Crippen LogP contribution >= 0.6 is 0 Å². The monoisotopic (exact) mass is 474 g/mol. The molecule has 1 aliphatic heterocycles. The molecule has 1 amide bonds. The molecule has 2 aromatic carbocycles. The predicted molar refractivity (Wildman–Crippen MR) is 104 cm³/mol. The molecule has 0 spiro atoms. The van der Waals surface area contributed by atoms with Gasteiger partial charge in [-0.05, 0) is 47.2 Å². The standard InChI is InChI=1S/C22H20F6N2O3/c23-21(24,25)32-15-6-4-13(5-7-15)10-30-11-17-18(12-30)19(17)20(31)29-9-14-2-1-3-16(8-14)33-22(26,27)28/h1-8,17-19H,9-12H2,(H,29,31). The van der Waals surface area contributed by atoms with Crippen LogP contribution in [0.15, 0.2) is 48.5 Å². The smallest absolute Gasteiger partial charge is 0.406 e. The van der Waals surface area contributed by atoms with Crippen molar-refractivity contribution in [3.63, 3.8) is 0 Å². The van der Waals surface area contributed by atoms with Crippen molar-refractivity contribution in [3.8, 4) is 11.5 Å². The molecule has 1 saturated carbocycles. The van der Waals surface area contributed by atoms with E-state index < -0.39 is 12.7 Å². The van der Waals surface area contributed by atoms with E-state index in [1.807, 2.05) is 0 Å². The summed E-state index contributed by atoms with van der Waals surface area (Å²) in [4.78, 5) is 14.6. The van der Waals surface area contributed by atoms with E-state index in [0.717, 1.165) is 5.56 Å².